The highest BCUT2D eigenvalue weighted by Crippen LogP contribution is 2.31. The summed E-state index contributed by atoms with van der Waals surface area (Å²) in [6, 6.07) is 9.87. The average Bonchev–Trinajstić information content (AvgIpc) is 2.88. The number of nitrogens with zero attached hydrogens (tertiary/aromatic N) is 2. The van der Waals surface area contributed by atoms with Gasteiger partial charge in [0.2, 0.25) is 5.95 Å². The number of methoxy groups -OCH3 is 1. The van der Waals surface area contributed by atoms with Crippen molar-refractivity contribution in [3.63, 3.8) is 0 Å². The number of ether oxygens (including phenoxy) is 1. The maximum absolute atomic E-state index is 5.25. The molecule has 0 radical (unpaired) electrons. The number of anilines is 3. The lowest BCUT2D eigenvalue weighted by atomic mass is 10.3. The zero-order valence-electron chi connectivity index (χ0n) is 12.1. The van der Waals surface area contributed by atoms with Gasteiger partial charge in [-0.2, -0.15) is 4.98 Å². The van der Waals surface area contributed by atoms with Crippen LogP contribution in [-0.4, -0.2) is 24.1 Å². The summed E-state index contributed by atoms with van der Waals surface area (Å²) >= 11 is 1.66. The lowest BCUT2D eigenvalue weighted by Gasteiger charge is -2.09. The number of hydrogen-bond acceptors (Lipinski definition) is 6. The van der Waals surface area contributed by atoms with E-state index in [-0.39, 0.29) is 0 Å². The molecule has 0 saturated carbocycles. The topological polar surface area (TPSA) is 59.1 Å². The van der Waals surface area contributed by atoms with Crippen molar-refractivity contribution in [2.75, 3.05) is 24.8 Å². The standard InChI is InChI=1S/C15H16N4OS/c1-9-7-12-13(18-15(16-2)19-14(12)21-9)17-10-5-4-6-11(8-10)20-3/h4-8H,1-3H3,(H2,16,17,18,19). The molecule has 108 valence electrons. The molecule has 0 aliphatic rings. The fourth-order valence-corrected chi connectivity index (χ4v) is 2.97. The van der Waals surface area contributed by atoms with E-state index in [9.17, 15) is 0 Å². The molecule has 0 amide bonds. The summed E-state index contributed by atoms with van der Waals surface area (Å²) in [5.41, 5.74) is 0.931. The predicted octanol–water partition coefficient (Wildman–Crippen LogP) is 3.79. The van der Waals surface area contributed by atoms with Gasteiger partial charge in [-0.25, -0.2) is 4.98 Å². The normalized spacial score (nSPS) is 10.6. The Hall–Kier alpha value is -2.34. The van der Waals surface area contributed by atoms with Crippen LogP contribution in [0.1, 0.15) is 4.88 Å². The Bertz CT molecular complexity index is 784. The summed E-state index contributed by atoms with van der Waals surface area (Å²) in [6.07, 6.45) is 0. The Morgan fingerprint density at radius 1 is 1.19 bits per heavy atom. The van der Waals surface area contributed by atoms with Gasteiger partial charge in [-0.1, -0.05) is 6.07 Å². The lowest BCUT2D eigenvalue weighted by Crippen LogP contribution is -2.00. The Balaban J connectivity index is 2.05. The molecule has 2 aromatic heterocycles. The third kappa shape index (κ3) is 2.75. The Morgan fingerprint density at radius 3 is 2.81 bits per heavy atom. The Labute approximate surface area is 127 Å². The maximum atomic E-state index is 5.25. The van der Waals surface area contributed by atoms with E-state index in [1.165, 1.54) is 4.88 Å². The van der Waals surface area contributed by atoms with Crippen molar-refractivity contribution in [3.8, 4) is 5.75 Å². The third-order valence-electron chi connectivity index (χ3n) is 3.07. The molecule has 6 heteroatoms. The van der Waals surface area contributed by atoms with Crippen LogP contribution in [0.5, 0.6) is 5.75 Å². The molecule has 2 heterocycles. The van der Waals surface area contributed by atoms with E-state index in [1.54, 1.807) is 18.4 Å². The highest BCUT2D eigenvalue weighted by Gasteiger charge is 2.10. The van der Waals surface area contributed by atoms with Crippen molar-refractivity contribution >= 4 is 39.0 Å². The molecule has 0 bridgehead atoms. The molecule has 0 saturated heterocycles. The molecule has 0 atom stereocenters. The van der Waals surface area contributed by atoms with E-state index >= 15 is 0 Å². The van der Waals surface area contributed by atoms with Crippen molar-refractivity contribution in [1.82, 2.24) is 9.97 Å². The number of aryl methyl sites for hydroxylation is 1. The molecule has 21 heavy (non-hydrogen) atoms. The molecule has 5 nitrogen and oxygen atoms in total. The third-order valence-corrected chi connectivity index (χ3v) is 4.02. The van der Waals surface area contributed by atoms with Crippen LogP contribution in [0.3, 0.4) is 0 Å². The first kappa shape index (κ1) is 13.6. The molecule has 0 aliphatic carbocycles. The molecule has 0 fully saturated rings. The van der Waals surface area contributed by atoms with Gasteiger partial charge < -0.3 is 15.4 Å². The van der Waals surface area contributed by atoms with E-state index in [2.05, 4.69) is 33.6 Å². The van der Waals surface area contributed by atoms with Crippen molar-refractivity contribution in [1.29, 1.82) is 0 Å². The van der Waals surface area contributed by atoms with Gasteiger partial charge in [0, 0.05) is 23.7 Å². The largest absolute Gasteiger partial charge is 0.497 e. The zero-order chi connectivity index (χ0) is 14.8. The zero-order valence-corrected chi connectivity index (χ0v) is 12.9. The molecule has 3 aromatic rings. The number of fused-ring (bicyclic) bond motifs is 1. The van der Waals surface area contributed by atoms with Gasteiger partial charge in [0.15, 0.2) is 0 Å². The molecule has 0 unspecified atom stereocenters. The number of hydrogen-bond donors (Lipinski definition) is 2. The Kier molecular flexibility index (Phi) is 3.62. The fourth-order valence-electron chi connectivity index (χ4n) is 2.09. The van der Waals surface area contributed by atoms with Gasteiger partial charge in [0.1, 0.15) is 16.4 Å². The molecule has 2 N–H and O–H groups in total. The van der Waals surface area contributed by atoms with E-state index in [0.29, 0.717) is 5.95 Å². The van der Waals surface area contributed by atoms with Gasteiger partial charge in [-0.05, 0) is 25.1 Å². The van der Waals surface area contributed by atoms with Crippen LogP contribution in [0.4, 0.5) is 17.5 Å². The number of thiophene rings is 1. The van der Waals surface area contributed by atoms with Gasteiger partial charge in [0.05, 0.1) is 12.5 Å². The molecule has 1 aromatic carbocycles. The lowest BCUT2D eigenvalue weighted by molar-refractivity contribution is 0.415. The first-order valence-electron chi connectivity index (χ1n) is 6.56. The summed E-state index contributed by atoms with van der Waals surface area (Å²) in [7, 11) is 3.47. The number of nitrogens with one attached hydrogen (secondary N) is 2. The van der Waals surface area contributed by atoms with E-state index in [1.807, 2.05) is 31.3 Å². The van der Waals surface area contributed by atoms with Gasteiger partial charge >= 0.3 is 0 Å². The van der Waals surface area contributed by atoms with Crippen LogP contribution < -0.4 is 15.4 Å². The molecule has 0 spiro atoms. The molecular formula is C15H16N4OS. The number of rotatable bonds is 4. The average molecular weight is 300 g/mol. The van der Waals surface area contributed by atoms with Crippen LogP contribution in [0.25, 0.3) is 10.2 Å². The summed E-state index contributed by atoms with van der Waals surface area (Å²) < 4.78 is 5.25. The van der Waals surface area contributed by atoms with E-state index in [0.717, 1.165) is 27.5 Å². The van der Waals surface area contributed by atoms with Crippen molar-refractivity contribution in [2.45, 2.75) is 6.92 Å². The summed E-state index contributed by atoms with van der Waals surface area (Å²) in [4.78, 5) is 11.2. The van der Waals surface area contributed by atoms with Crippen LogP contribution in [0.2, 0.25) is 0 Å². The van der Waals surface area contributed by atoms with Crippen LogP contribution in [-0.2, 0) is 0 Å². The number of aromatic nitrogens is 2. The quantitative estimate of drug-likeness (QED) is 0.767. The maximum Gasteiger partial charge on any atom is 0.225 e. The molecular weight excluding hydrogens is 284 g/mol. The number of benzene rings is 1. The second-order valence-corrected chi connectivity index (χ2v) is 5.81. The SMILES string of the molecule is CNc1nc(Nc2cccc(OC)c2)c2cc(C)sc2n1. The van der Waals surface area contributed by atoms with Gasteiger partial charge in [-0.15, -0.1) is 11.3 Å². The smallest absolute Gasteiger partial charge is 0.225 e. The van der Waals surface area contributed by atoms with Gasteiger partial charge in [0.25, 0.3) is 0 Å². The summed E-state index contributed by atoms with van der Waals surface area (Å²) in [6.45, 7) is 2.07. The minimum atomic E-state index is 0.606. The first-order chi connectivity index (χ1) is 10.2. The van der Waals surface area contributed by atoms with Crippen LogP contribution in [0.15, 0.2) is 30.3 Å². The molecule has 0 aliphatic heterocycles. The summed E-state index contributed by atoms with van der Waals surface area (Å²) in [5.74, 6) is 2.21. The van der Waals surface area contributed by atoms with Crippen molar-refractivity contribution in [3.05, 3.63) is 35.2 Å². The Morgan fingerprint density at radius 2 is 2.05 bits per heavy atom. The molecule has 3 rings (SSSR count). The minimum absolute atomic E-state index is 0.606. The van der Waals surface area contributed by atoms with Crippen molar-refractivity contribution in [2.24, 2.45) is 0 Å². The van der Waals surface area contributed by atoms with Crippen LogP contribution >= 0.6 is 11.3 Å². The highest BCUT2D eigenvalue weighted by molar-refractivity contribution is 7.18. The highest BCUT2D eigenvalue weighted by atomic mass is 32.1. The minimum Gasteiger partial charge on any atom is -0.497 e. The first-order valence-corrected chi connectivity index (χ1v) is 7.38. The van der Waals surface area contributed by atoms with Crippen molar-refractivity contribution < 1.29 is 4.74 Å². The van der Waals surface area contributed by atoms with E-state index in [4.69, 9.17) is 4.74 Å². The van der Waals surface area contributed by atoms with Gasteiger partial charge in [-0.3, -0.25) is 0 Å². The monoisotopic (exact) mass is 300 g/mol. The summed E-state index contributed by atoms with van der Waals surface area (Å²) in [5, 5.41) is 7.37. The van der Waals surface area contributed by atoms with Crippen LogP contribution in [0, 0.1) is 6.92 Å². The second kappa shape index (κ2) is 5.57. The second-order valence-electron chi connectivity index (χ2n) is 4.58. The van der Waals surface area contributed by atoms with E-state index < -0.39 is 0 Å². The fraction of sp³-hybridized carbons (Fsp3) is 0.200. The predicted molar refractivity (Wildman–Crippen MR) is 88.0 cm³/mol.